The van der Waals surface area contributed by atoms with Crippen LogP contribution >= 0.6 is 0 Å². The van der Waals surface area contributed by atoms with Crippen molar-refractivity contribution in [1.29, 1.82) is 0 Å². The Kier molecular flexibility index (Phi) is 9.65. The van der Waals surface area contributed by atoms with Crippen LogP contribution in [-0.4, -0.2) is 55.9 Å². The van der Waals surface area contributed by atoms with E-state index in [0.717, 1.165) is 5.56 Å². The van der Waals surface area contributed by atoms with E-state index in [0.29, 0.717) is 5.75 Å². The van der Waals surface area contributed by atoms with Crippen molar-refractivity contribution in [3.8, 4) is 11.5 Å². The number of nitrogens with one attached hydrogen (secondary N) is 1. The second-order valence-electron chi connectivity index (χ2n) is 7.05. The Morgan fingerprint density at radius 1 is 1.06 bits per heavy atom. The molecule has 0 radical (unpaired) electrons. The number of aliphatic hydroxyl groups excluding tert-OH is 1. The highest BCUT2D eigenvalue weighted by Gasteiger charge is 2.26. The van der Waals surface area contributed by atoms with Crippen LogP contribution in [0.25, 0.3) is 0 Å². The second kappa shape index (κ2) is 12.4. The Labute approximate surface area is 186 Å². The maximum absolute atomic E-state index is 12.7. The number of Topliss-reactive ketones (excluding diaryl/α,β-unsaturated/α-hetero) is 1. The number of hydrogen-bond acceptors (Lipinski definition) is 7. The number of carbonyl (C=O) groups is 3. The Hall–Kier alpha value is -3.43. The molecule has 0 saturated carbocycles. The van der Waals surface area contributed by atoms with Gasteiger partial charge in [0, 0.05) is 26.0 Å². The van der Waals surface area contributed by atoms with Gasteiger partial charge in [-0.05, 0) is 24.1 Å². The van der Waals surface area contributed by atoms with E-state index in [-0.39, 0.29) is 43.2 Å². The summed E-state index contributed by atoms with van der Waals surface area (Å²) in [6.07, 6.45) is -1.61. The number of nitrogens with two attached hydrogens (primary N) is 1. The van der Waals surface area contributed by atoms with E-state index in [4.69, 9.17) is 19.9 Å². The van der Waals surface area contributed by atoms with E-state index in [1.807, 2.05) is 30.3 Å². The fourth-order valence-corrected chi connectivity index (χ4v) is 3.05. The van der Waals surface area contributed by atoms with Gasteiger partial charge in [0.1, 0.15) is 11.5 Å². The van der Waals surface area contributed by atoms with Crippen molar-refractivity contribution < 1.29 is 33.7 Å². The first-order valence-corrected chi connectivity index (χ1v) is 9.99. The third kappa shape index (κ3) is 7.36. The first-order chi connectivity index (χ1) is 15.3. The summed E-state index contributed by atoms with van der Waals surface area (Å²) >= 11 is 0. The van der Waals surface area contributed by atoms with E-state index < -0.39 is 24.0 Å². The minimum absolute atomic E-state index is 0.0555. The molecule has 9 heteroatoms. The SMILES string of the molecule is COCOc1cc(OC)ccc1C(=O)CCC(=O)N[C@@H](Cc1ccccc1)[C@@H](O)C(N)=O. The summed E-state index contributed by atoms with van der Waals surface area (Å²) in [5.41, 5.74) is 6.31. The molecule has 9 nitrogen and oxygen atoms in total. The molecule has 0 aliphatic carbocycles. The van der Waals surface area contributed by atoms with Crippen molar-refractivity contribution in [3.63, 3.8) is 0 Å². The summed E-state index contributed by atoms with van der Waals surface area (Å²) < 4.78 is 15.5. The first kappa shape index (κ1) is 24.8. The molecule has 0 saturated heterocycles. The van der Waals surface area contributed by atoms with E-state index in [9.17, 15) is 19.5 Å². The number of benzene rings is 2. The predicted octanol–water partition coefficient (Wildman–Crippen LogP) is 1.21. The van der Waals surface area contributed by atoms with Gasteiger partial charge in [-0.25, -0.2) is 0 Å². The molecule has 0 aliphatic heterocycles. The molecule has 0 unspecified atom stereocenters. The zero-order chi connectivity index (χ0) is 23.5. The third-order valence-electron chi connectivity index (χ3n) is 4.72. The van der Waals surface area contributed by atoms with E-state index >= 15 is 0 Å². The van der Waals surface area contributed by atoms with Crippen LogP contribution < -0.4 is 20.5 Å². The lowest BCUT2D eigenvalue weighted by molar-refractivity contribution is -0.129. The van der Waals surface area contributed by atoms with Gasteiger partial charge in [0.2, 0.25) is 11.8 Å². The quantitative estimate of drug-likeness (QED) is 0.312. The van der Waals surface area contributed by atoms with E-state index in [1.54, 1.807) is 18.2 Å². The molecule has 2 atom stereocenters. The summed E-state index contributed by atoms with van der Waals surface area (Å²) in [6.45, 7) is -0.0555. The molecular weight excluding hydrogens is 416 g/mol. The summed E-state index contributed by atoms with van der Waals surface area (Å²) in [5.74, 6) is -0.964. The Balaban J connectivity index is 2.03. The molecule has 2 aromatic rings. The minimum Gasteiger partial charge on any atom is -0.497 e. The van der Waals surface area contributed by atoms with Gasteiger partial charge in [0.15, 0.2) is 18.7 Å². The number of primary amides is 1. The highest BCUT2D eigenvalue weighted by Crippen LogP contribution is 2.26. The number of carbonyl (C=O) groups excluding carboxylic acids is 3. The normalized spacial score (nSPS) is 12.5. The Bertz CT molecular complexity index is 918. The molecule has 0 aromatic heterocycles. The number of hydrogen-bond donors (Lipinski definition) is 3. The molecular formula is C23H28N2O7. The molecule has 0 fully saturated rings. The summed E-state index contributed by atoms with van der Waals surface area (Å²) in [6, 6.07) is 12.9. The number of amides is 2. The highest BCUT2D eigenvalue weighted by atomic mass is 16.7. The van der Waals surface area contributed by atoms with Gasteiger partial charge in [-0.1, -0.05) is 30.3 Å². The molecule has 0 aliphatic rings. The van der Waals surface area contributed by atoms with Gasteiger partial charge in [-0.3, -0.25) is 14.4 Å². The van der Waals surface area contributed by atoms with Crippen LogP contribution in [0, 0.1) is 0 Å². The molecule has 32 heavy (non-hydrogen) atoms. The van der Waals surface area contributed by atoms with Gasteiger partial charge < -0.3 is 30.4 Å². The van der Waals surface area contributed by atoms with Crippen molar-refractivity contribution in [2.24, 2.45) is 5.73 Å². The zero-order valence-corrected chi connectivity index (χ0v) is 18.1. The van der Waals surface area contributed by atoms with Crippen LogP contribution in [0.15, 0.2) is 48.5 Å². The van der Waals surface area contributed by atoms with Crippen LogP contribution in [0.2, 0.25) is 0 Å². The predicted molar refractivity (Wildman–Crippen MR) is 116 cm³/mol. The Morgan fingerprint density at radius 2 is 1.78 bits per heavy atom. The summed E-state index contributed by atoms with van der Waals surface area (Å²) in [7, 11) is 2.95. The molecule has 0 spiro atoms. The highest BCUT2D eigenvalue weighted by molar-refractivity contribution is 6.00. The summed E-state index contributed by atoms with van der Waals surface area (Å²) in [5, 5.41) is 12.7. The van der Waals surface area contributed by atoms with Crippen molar-refractivity contribution in [2.45, 2.75) is 31.4 Å². The smallest absolute Gasteiger partial charge is 0.248 e. The molecule has 4 N–H and O–H groups in total. The third-order valence-corrected chi connectivity index (χ3v) is 4.72. The zero-order valence-electron chi connectivity index (χ0n) is 18.1. The van der Waals surface area contributed by atoms with Crippen LogP contribution in [0.4, 0.5) is 0 Å². The largest absolute Gasteiger partial charge is 0.497 e. The molecule has 2 amide bonds. The average molecular weight is 444 g/mol. The monoisotopic (exact) mass is 444 g/mol. The van der Waals surface area contributed by atoms with Crippen LogP contribution in [0.1, 0.15) is 28.8 Å². The first-order valence-electron chi connectivity index (χ1n) is 9.99. The van der Waals surface area contributed by atoms with Gasteiger partial charge in [0.05, 0.1) is 18.7 Å². The molecule has 2 rings (SSSR count). The number of aliphatic hydroxyl groups is 1. The van der Waals surface area contributed by atoms with Gasteiger partial charge in [-0.2, -0.15) is 0 Å². The van der Waals surface area contributed by atoms with Crippen molar-refractivity contribution >= 4 is 17.6 Å². The van der Waals surface area contributed by atoms with Gasteiger partial charge in [0.25, 0.3) is 0 Å². The van der Waals surface area contributed by atoms with Crippen LogP contribution in [0.5, 0.6) is 11.5 Å². The van der Waals surface area contributed by atoms with Crippen LogP contribution in [0.3, 0.4) is 0 Å². The topological polar surface area (TPSA) is 137 Å². The minimum atomic E-state index is -1.56. The van der Waals surface area contributed by atoms with Crippen molar-refractivity contribution in [1.82, 2.24) is 5.32 Å². The lowest BCUT2D eigenvalue weighted by Gasteiger charge is -2.22. The standard InChI is InChI=1S/C23H28N2O7/c1-30-14-32-20-13-16(31-2)8-9-17(20)19(26)10-11-21(27)25-18(22(28)23(24)29)12-15-6-4-3-5-7-15/h3-9,13,18,22,28H,10-12,14H2,1-2H3,(H2,24,29)(H,25,27)/t18-,22+/m0/s1. The molecule has 0 heterocycles. The van der Waals surface area contributed by atoms with E-state index in [2.05, 4.69) is 5.32 Å². The number of methoxy groups -OCH3 is 2. The van der Waals surface area contributed by atoms with Crippen molar-refractivity contribution in [2.75, 3.05) is 21.0 Å². The fourth-order valence-electron chi connectivity index (χ4n) is 3.05. The van der Waals surface area contributed by atoms with Gasteiger partial charge >= 0.3 is 0 Å². The van der Waals surface area contributed by atoms with Crippen molar-refractivity contribution in [3.05, 3.63) is 59.7 Å². The summed E-state index contributed by atoms with van der Waals surface area (Å²) in [4.78, 5) is 36.6. The van der Waals surface area contributed by atoms with Crippen LogP contribution in [-0.2, 0) is 20.7 Å². The number of rotatable bonds is 13. The number of ether oxygens (including phenoxy) is 3. The Morgan fingerprint density at radius 3 is 2.41 bits per heavy atom. The molecule has 172 valence electrons. The average Bonchev–Trinajstić information content (AvgIpc) is 2.80. The maximum Gasteiger partial charge on any atom is 0.248 e. The fraction of sp³-hybridized carbons (Fsp3) is 0.348. The molecule has 0 bridgehead atoms. The molecule has 2 aromatic carbocycles. The lowest BCUT2D eigenvalue weighted by atomic mass is 10.00. The van der Waals surface area contributed by atoms with E-state index in [1.165, 1.54) is 14.2 Å². The second-order valence-corrected chi connectivity index (χ2v) is 7.05. The maximum atomic E-state index is 12.7. The lowest BCUT2D eigenvalue weighted by Crippen LogP contribution is -2.50. The van der Waals surface area contributed by atoms with Gasteiger partial charge in [-0.15, -0.1) is 0 Å². The number of ketones is 1.